The molecular formula is C11H17O4P. The summed E-state index contributed by atoms with van der Waals surface area (Å²) in [4.78, 5) is 17.2. The zero-order valence-corrected chi connectivity index (χ0v) is 9.97. The molecule has 0 radical (unpaired) electrons. The third-order valence-electron chi connectivity index (χ3n) is 2.10. The fourth-order valence-electron chi connectivity index (χ4n) is 1.29. The molecule has 4 nitrogen and oxygen atoms in total. The highest BCUT2D eigenvalue weighted by molar-refractivity contribution is 7.51. The van der Waals surface area contributed by atoms with E-state index in [1.54, 1.807) is 0 Å². The molecule has 1 aromatic carbocycles. The summed E-state index contributed by atoms with van der Waals surface area (Å²) in [6.07, 6.45) is 1.12. The Labute approximate surface area is 95.4 Å². The van der Waals surface area contributed by atoms with Crippen LogP contribution in [0.1, 0.15) is 18.4 Å². The second-order valence-corrected chi connectivity index (χ2v) is 5.41. The van der Waals surface area contributed by atoms with Gasteiger partial charge in [-0.25, -0.2) is 0 Å². The molecule has 0 saturated heterocycles. The molecule has 0 aromatic heterocycles. The van der Waals surface area contributed by atoms with E-state index in [0.717, 1.165) is 5.56 Å². The zero-order chi connectivity index (χ0) is 11.9. The molecule has 0 amide bonds. The molecule has 0 aliphatic rings. The smallest absolute Gasteiger partial charge is 0.325 e. The molecule has 0 heterocycles. The van der Waals surface area contributed by atoms with Crippen molar-refractivity contribution in [1.29, 1.82) is 0 Å². The maximum Gasteiger partial charge on any atom is 0.325 e. The third kappa shape index (κ3) is 6.75. The van der Waals surface area contributed by atoms with Crippen molar-refractivity contribution in [3.05, 3.63) is 35.9 Å². The molecule has 0 saturated carbocycles. The summed E-state index contributed by atoms with van der Waals surface area (Å²) >= 11 is 0. The van der Waals surface area contributed by atoms with Gasteiger partial charge in [0.05, 0.1) is 6.61 Å². The molecule has 0 aliphatic heterocycles. The third-order valence-corrected chi connectivity index (χ3v) is 3.00. The SMILES string of the molecule is O=P(O)(O)CCCCOCc1ccccc1. The predicted octanol–water partition coefficient (Wildman–Crippen LogP) is 2.16. The van der Waals surface area contributed by atoms with E-state index in [-0.39, 0.29) is 6.16 Å². The van der Waals surface area contributed by atoms with Gasteiger partial charge in [-0.2, -0.15) is 0 Å². The Kier molecular flexibility index (Phi) is 5.71. The van der Waals surface area contributed by atoms with Gasteiger partial charge in [-0.15, -0.1) is 0 Å². The van der Waals surface area contributed by atoms with E-state index in [1.165, 1.54) is 0 Å². The lowest BCUT2D eigenvalue weighted by molar-refractivity contribution is 0.118. The van der Waals surface area contributed by atoms with Crippen LogP contribution in [0.15, 0.2) is 30.3 Å². The van der Waals surface area contributed by atoms with Crippen LogP contribution < -0.4 is 0 Å². The van der Waals surface area contributed by atoms with Gasteiger partial charge in [0.2, 0.25) is 0 Å². The summed E-state index contributed by atoms with van der Waals surface area (Å²) in [7, 11) is -3.83. The van der Waals surface area contributed by atoms with Crippen molar-refractivity contribution in [2.24, 2.45) is 0 Å². The molecule has 0 bridgehead atoms. The Morgan fingerprint density at radius 3 is 2.44 bits per heavy atom. The topological polar surface area (TPSA) is 66.8 Å². The Bertz CT molecular complexity index is 333. The first-order valence-electron chi connectivity index (χ1n) is 5.24. The fraction of sp³-hybridized carbons (Fsp3) is 0.455. The predicted molar refractivity (Wildman–Crippen MR) is 62.2 cm³/mol. The summed E-state index contributed by atoms with van der Waals surface area (Å²) in [6, 6.07) is 9.81. The molecular weight excluding hydrogens is 227 g/mol. The molecule has 0 spiro atoms. The van der Waals surface area contributed by atoms with E-state index in [0.29, 0.717) is 26.1 Å². The highest BCUT2D eigenvalue weighted by atomic mass is 31.2. The average molecular weight is 244 g/mol. The molecule has 0 aliphatic carbocycles. The van der Waals surface area contributed by atoms with Gasteiger partial charge in [0.25, 0.3) is 0 Å². The molecule has 1 rings (SSSR count). The van der Waals surface area contributed by atoms with Crippen LogP contribution in [0.25, 0.3) is 0 Å². The summed E-state index contributed by atoms with van der Waals surface area (Å²) in [6.45, 7) is 1.09. The first-order valence-corrected chi connectivity index (χ1v) is 7.04. The van der Waals surface area contributed by atoms with Crippen molar-refractivity contribution in [3.8, 4) is 0 Å². The van der Waals surface area contributed by atoms with Gasteiger partial charge in [0, 0.05) is 12.8 Å². The van der Waals surface area contributed by atoms with Crippen LogP contribution in [0, 0.1) is 0 Å². The molecule has 0 fully saturated rings. The maximum absolute atomic E-state index is 10.5. The van der Waals surface area contributed by atoms with Crippen LogP contribution in [0.5, 0.6) is 0 Å². The number of benzene rings is 1. The van der Waals surface area contributed by atoms with Crippen molar-refractivity contribution < 1.29 is 19.1 Å². The van der Waals surface area contributed by atoms with Crippen molar-refractivity contribution in [1.82, 2.24) is 0 Å². The van der Waals surface area contributed by atoms with Crippen LogP contribution in [0.4, 0.5) is 0 Å². The van der Waals surface area contributed by atoms with Crippen LogP contribution in [0.2, 0.25) is 0 Å². The molecule has 16 heavy (non-hydrogen) atoms. The minimum absolute atomic E-state index is 0.0539. The largest absolute Gasteiger partial charge is 0.377 e. The molecule has 0 unspecified atom stereocenters. The Morgan fingerprint density at radius 1 is 1.12 bits per heavy atom. The van der Waals surface area contributed by atoms with Crippen LogP contribution in [-0.2, 0) is 15.9 Å². The molecule has 2 N–H and O–H groups in total. The quantitative estimate of drug-likeness (QED) is 0.569. The average Bonchev–Trinajstić information content (AvgIpc) is 2.23. The number of rotatable bonds is 7. The molecule has 0 atom stereocenters. The Morgan fingerprint density at radius 2 is 1.81 bits per heavy atom. The van der Waals surface area contributed by atoms with Gasteiger partial charge in [0.1, 0.15) is 0 Å². The van der Waals surface area contributed by atoms with Gasteiger partial charge < -0.3 is 14.5 Å². The second kappa shape index (κ2) is 6.81. The van der Waals surface area contributed by atoms with Crippen molar-refractivity contribution in [2.75, 3.05) is 12.8 Å². The monoisotopic (exact) mass is 244 g/mol. The number of ether oxygens (including phenoxy) is 1. The summed E-state index contributed by atoms with van der Waals surface area (Å²) in [5, 5.41) is 0. The van der Waals surface area contributed by atoms with Crippen LogP contribution >= 0.6 is 7.60 Å². The van der Waals surface area contributed by atoms with E-state index in [2.05, 4.69) is 0 Å². The Balaban J connectivity index is 2.03. The molecule has 90 valence electrons. The zero-order valence-electron chi connectivity index (χ0n) is 9.08. The van der Waals surface area contributed by atoms with E-state index in [4.69, 9.17) is 14.5 Å². The van der Waals surface area contributed by atoms with E-state index < -0.39 is 7.60 Å². The van der Waals surface area contributed by atoms with Crippen molar-refractivity contribution in [3.63, 3.8) is 0 Å². The highest BCUT2D eigenvalue weighted by Gasteiger charge is 2.10. The summed E-state index contributed by atoms with van der Waals surface area (Å²) in [5.41, 5.74) is 1.11. The van der Waals surface area contributed by atoms with Gasteiger partial charge in [-0.05, 0) is 18.4 Å². The fourth-order valence-corrected chi connectivity index (χ4v) is 1.92. The Hall–Kier alpha value is -0.670. The number of unbranched alkanes of at least 4 members (excludes halogenated alkanes) is 1. The van der Waals surface area contributed by atoms with Gasteiger partial charge >= 0.3 is 7.60 Å². The lowest BCUT2D eigenvalue weighted by Crippen LogP contribution is -1.97. The molecule has 5 heteroatoms. The number of hydrogen-bond donors (Lipinski definition) is 2. The normalized spacial score (nSPS) is 11.6. The lowest BCUT2D eigenvalue weighted by atomic mass is 10.2. The number of hydrogen-bond acceptors (Lipinski definition) is 2. The van der Waals surface area contributed by atoms with Crippen LogP contribution in [0.3, 0.4) is 0 Å². The summed E-state index contributed by atoms with van der Waals surface area (Å²) in [5.74, 6) is 0. The van der Waals surface area contributed by atoms with Gasteiger partial charge in [0.15, 0.2) is 0 Å². The van der Waals surface area contributed by atoms with Crippen molar-refractivity contribution in [2.45, 2.75) is 19.4 Å². The first-order chi connectivity index (χ1) is 7.58. The standard InChI is InChI=1S/C11H17O4P/c12-16(13,14)9-5-4-8-15-10-11-6-2-1-3-7-11/h1-3,6-7H,4-5,8-10H2,(H2,12,13,14). The highest BCUT2D eigenvalue weighted by Crippen LogP contribution is 2.35. The minimum Gasteiger partial charge on any atom is -0.377 e. The van der Waals surface area contributed by atoms with Crippen LogP contribution in [-0.4, -0.2) is 22.6 Å². The van der Waals surface area contributed by atoms with E-state index in [9.17, 15) is 4.57 Å². The minimum atomic E-state index is -3.83. The van der Waals surface area contributed by atoms with Gasteiger partial charge in [-0.3, -0.25) is 4.57 Å². The first kappa shape index (κ1) is 13.4. The van der Waals surface area contributed by atoms with Gasteiger partial charge in [-0.1, -0.05) is 30.3 Å². The van der Waals surface area contributed by atoms with Crippen molar-refractivity contribution >= 4 is 7.60 Å². The summed E-state index contributed by atoms with van der Waals surface area (Å²) < 4.78 is 15.9. The van der Waals surface area contributed by atoms with E-state index in [1.807, 2.05) is 30.3 Å². The van der Waals surface area contributed by atoms with E-state index >= 15 is 0 Å². The maximum atomic E-state index is 10.5. The lowest BCUT2D eigenvalue weighted by Gasteiger charge is -2.05. The molecule has 1 aromatic rings. The second-order valence-electron chi connectivity index (χ2n) is 3.63.